The molecule has 0 atom stereocenters. The summed E-state index contributed by atoms with van der Waals surface area (Å²) in [5.74, 6) is -0.0890. The molecule has 0 saturated carbocycles. The van der Waals surface area contributed by atoms with Crippen LogP contribution in [0.4, 0.5) is 5.69 Å². The normalized spacial score (nSPS) is 10.8. The first-order valence-corrected chi connectivity index (χ1v) is 6.81. The summed E-state index contributed by atoms with van der Waals surface area (Å²) in [4.78, 5) is 11.9. The second kappa shape index (κ2) is 6.60. The third-order valence-corrected chi connectivity index (χ3v) is 3.53. The summed E-state index contributed by atoms with van der Waals surface area (Å²) in [5.41, 5.74) is 2.41. The molecule has 0 aromatic heterocycles. The summed E-state index contributed by atoms with van der Waals surface area (Å²) < 4.78 is 0. The fourth-order valence-corrected chi connectivity index (χ4v) is 1.98. The minimum Gasteiger partial charge on any atom is -0.361 e. The number of anilines is 1. The fourth-order valence-electron chi connectivity index (χ4n) is 1.68. The molecule has 4 heteroatoms. The van der Waals surface area contributed by atoms with Crippen molar-refractivity contribution in [1.29, 1.82) is 0 Å². The van der Waals surface area contributed by atoms with Gasteiger partial charge in [-0.05, 0) is 48.9 Å². The van der Waals surface area contributed by atoms with E-state index in [1.54, 1.807) is 30.5 Å². The molecule has 102 valence electrons. The zero-order valence-corrected chi connectivity index (χ0v) is 12.4. The maximum Gasteiger partial charge on any atom is 0.187 e. The number of carbonyl (C=O) groups is 1. The van der Waals surface area contributed by atoms with Gasteiger partial charge in [-0.3, -0.25) is 4.79 Å². The summed E-state index contributed by atoms with van der Waals surface area (Å²) in [5, 5.41) is 4.35. The van der Waals surface area contributed by atoms with Gasteiger partial charge in [0.2, 0.25) is 0 Å². The quantitative estimate of drug-likeness (QED) is 0.628. The van der Waals surface area contributed by atoms with Crippen LogP contribution in [-0.4, -0.2) is 5.78 Å². The summed E-state index contributed by atoms with van der Waals surface area (Å²) in [6.07, 6.45) is 3.08. The van der Waals surface area contributed by atoms with E-state index in [2.05, 4.69) is 5.32 Å². The average Bonchev–Trinajstić information content (AvgIpc) is 2.44. The van der Waals surface area contributed by atoms with E-state index < -0.39 is 0 Å². The van der Waals surface area contributed by atoms with Gasteiger partial charge in [0, 0.05) is 33.6 Å². The molecular weight excluding hydrogens is 293 g/mol. The molecular formula is C16H13Cl2NO. The van der Waals surface area contributed by atoms with Crippen molar-refractivity contribution in [3.63, 3.8) is 0 Å². The van der Waals surface area contributed by atoms with Crippen LogP contribution in [0, 0.1) is 6.92 Å². The largest absolute Gasteiger partial charge is 0.361 e. The molecule has 0 amide bonds. The lowest BCUT2D eigenvalue weighted by atomic mass is 10.1. The number of carbonyl (C=O) groups excluding carboxylic acids is 1. The van der Waals surface area contributed by atoms with Crippen LogP contribution < -0.4 is 5.32 Å². The first kappa shape index (κ1) is 14.6. The third-order valence-electron chi connectivity index (χ3n) is 2.87. The lowest BCUT2D eigenvalue weighted by Crippen LogP contribution is -1.97. The molecule has 2 nitrogen and oxygen atoms in total. The Morgan fingerprint density at radius 1 is 1.10 bits per heavy atom. The van der Waals surface area contributed by atoms with E-state index in [9.17, 15) is 4.79 Å². The van der Waals surface area contributed by atoms with Crippen molar-refractivity contribution in [1.82, 2.24) is 0 Å². The highest BCUT2D eigenvalue weighted by Crippen LogP contribution is 2.22. The van der Waals surface area contributed by atoms with Crippen LogP contribution in [0.1, 0.15) is 15.9 Å². The summed E-state index contributed by atoms with van der Waals surface area (Å²) in [6.45, 7) is 1.92. The van der Waals surface area contributed by atoms with E-state index >= 15 is 0 Å². The topological polar surface area (TPSA) is 29.1 Å². The minimum atomic E-state index is -0.0890. The molecule has 0 aliphatic carbocycles. The molecule has 0 fully saturated rings. The van der Waals surface area contributed by atoms with Gasteiger partial charge in [0.05, 0.1) is 0 Å². The van der Waals surface area contributed by atoms with Gasteiger partial charge in [-0.25, -0.2) is 0 Å². The maximum atomic E-state index is 11.9. The van der Waals surface area contributed by atoms with Crippen LogP contribution in [0.2, 0.25) is 10.0 Å². The van der Waals surface area contributed by atoms with Crippen LogP contribution in [0.5, 0.6) is 0 Å². The van der Waals surface area contributed by atoms with Crippen molar-refractivity contribution in [2.24, 2.45) is 0 Å². The molecule has 0 aliphatic heterocycles. The number of halogens is 2. The van der Waals surface area contributed by atoms with Crippen LogP contribution in [0.25, 0.3) is 0 Å². The standard InChI is InChI=1S/C16H13Cl2NO/c1-11-14(18)3-2-4-15(11)19-10-9-16(20)12-5-7-13(17)8-6-12/h2-10,19H,1H3. The highest BCUT2D eigenvalue weighted by molar-refractivity contribution is 6.31. The molecule has 2 rings (SSSR count). The second-order valence-corrected chi connectivity index (χ2v) is 5.10. The fraction of sp³-hybridized carbons (Fsp3) is 0.0625. The Morgan fingerprint density at radius 2 is 1.80 bits per heavy atom. The van der Waals surface area contributed by atoms with Crippen molar-refractivity contribution in [3.05, 3.63) is 75.9 Å². The number of ketones is 1. The summed E-state index contributed by atoms with van der Waals surface area (Å²) in [6, 6.07) is 12.4. The van der Waals surface area contributed by atoms with Gasteiger partial charge >= 0.3 is 0 Å². The van der Waals surface area contributed by atoms with Crippen molar-refractivity contribution < 1.29 is 4.79 Å². The predicted molar refractivity (Wildman–Crippen MR) is 84.7 cm³/mol. The van der Waals surface area contributed by atoms with E-state index in [0.717, 1.165) is 11.3 Å². The summed E-state index contributed by atoms with van der Waals surface area (Å²) in [7, 11) is 0. The molecule has 0 aliphatic rings. The van der Waals surface area contributed by atoms with E-state index in [-0.39, 0.29) is 5.78 Å². The summed E-state index contributed by atoms with van der Waals surface area (Å²) >= 11 is 11.8. The van der Waals surface area contributed by atoms with Crippen LogP contribution in [0.15, 0.2) is 54.7 Å². The molecule has 0 saturated heterocycles. The third kappa shape index (κ3) is 3.62. The van der Waals surface area contributed by atoms with Crippen molar-refractivity contribution in [3.8, 4) is 0 Å². The first-order valence-electron chi connectivity index (χ1n) is 6.06. The van der Waals surface area contributed by atoms with Crippen molar-refractivity contribution >= 4 is 34.7 Å². The van der Waals surface area contributed by atoms with Crippen LogP contribution >= 0.6 is 23.2 Å². The zero-order chi connectivity index (χ0) is 14.5. The first-order chi connectivity index (χ1) is 9.58. The lowest BCUT2D eigenvalue weighted by molar-refractivity contribution is 0.104. The van der Waals surface area contributed by atoms with E-state index in [0.29, 0.717) is 15.6 Å². The van der Waals surface area contributed by atoms with Crippen molar-refractivity contribution in [2.45, 2.75) is 6.92 Å². The number of allylic oxidation sites excluding steroid dienone is 1. The number of hydrogen-bond acceptors (Lipinski definition) is 2. The Kier molecular flexibility index (Phi) is 4.83. The Balaban J connectivity index is 2.05. The van der Waals surface area contributed by atoms with Gasteiger partial charge < -0.3 is 5.32 Å². The Bertz CT molecular complexity index is 648. The highest BCUT2D eigenvalue weighted by Gasteiger charge is 2.02. The maximum absolute atomic E-state index is 11.9. The Morgan fingerprint density at radius 3 is 2.50 bits per heavy atom. The molecule has 1 N–H and O–H groups in total. The highest BCUT2D eigenvalue weighted by atomic mass is 35.5. The van der Waals surface area contributed by atoms with E-state index in [4.69, 9.17) is 23.2 Å². The number of benzene rings is 2. The van der Waals surface area contributed by atoms with Crippen molar-refractivity contribution in [2.75, 3.05) is 5.32 Å². The van der Waals surface area contributed by atoms with Gasteiger partial charge in [-0.1, -0.05) is 29.3 Å². The molecule has 0 radical (unpaired) electrons. The predicted octanol–water partition coefficient (Wildman–Crippen LogP) is 5.11. The Hall–Kier alpha value is -1.77. The number of rotatable bonds is 4. The zero-order valence-electron chi connectivity index (χ0n) is 10.9. The van der Waals surface area contributed by atoms with Gasteiger partial charge in [-0.2, -0.15) is 0 Å². The minimum absolute atomic E-state index is 0.0890. The molecule has 0 spiro atoms. The molecule has 0 unspecified atom stereocenters. The van der Waals surface area contributed by atoms with Crippen LogP contribution in [0.3, 0.4) is 0 Å². The molecule has 0 bridgehead atoms. The monoisotopic (exact) mass is 305 g/mol. The smallest absolute Gasteiger partial charge is 0.187 e. The molecule has 20 heavy (non-hydrogen) atoms. The van der Waals surface area contributed by atoms with E-state index in [1.807, 2.05) is 25.1 Å². The van der Waals surface area contributed by atoms with E-state index in [1.165, 1.54) is 6.08 Å². The second-order valence-electron chi connectivity index (χ2n) is 4.26. The van der Waals surface area contributed by atoms with Gasteiger partial charge in [0.25, 0.3) is 0 Å². The lowest BCUT2D eigenvalue weighted by Gasteiger charge is -2.06. The Labute approximate surface area is 128 Å². The SMILES string of the molecule is Cc1c(Cl)cccc1NC=CC(=O)c1ccc(Cl)cc1. The van der Waals surface area contributed by atoms with Gasteiger partial charge in [-0.15, -0.1) is 0 Å². The molecule has 2 aromatic carbocycles. The molecule has 0 heterocycles. The number of hydrogen-bond donors (Lipinski definition) is 1. The van der Waals surface area contributed by atoms with Gasteiger partial charge in [0.15, 0.2) is 5.78 Å². The average molecular weight is 306 g/mol. The molecule has 2 aromatic rings. The number of nitrogens with one attached hydrogen (secondary N) is 1. The van der Waals surface area contributed by atoms with Gasteiger partial charge in [0.1, 0.15) is 0 Å². The van der Waals surface area contributed by atoms with Crippen LogP contribution in [-0.2, 0) is 0 Å².